The summed E-state index contributed by atoms with van der Waals surface area (Å²) in [5.74, 6) is 0.818. The molecule has 0 spiro atoms. The third-order valence-corrected chi connectivity index (χ3v) is 3.26. The van der Waals surface area contributed by atoms with Crippen LogP contribution in [0.5, 0.6) is 0 Å². The summed E-state index contributed by atoms with van der Waals surface area (Å²) < 4.78 is 0. The maximum absolute atomic E-state index is 4.50. The lowest BCUT2D eigenvalue weighted by molar-refractivity contribution is 1.09. The average Bonchev–Trinajstić information content (AvgIpc) is 2.97. The number of nitrogens with one attached hydrogen (secondary N) is 1. The smallest absolute Gasteiger partial charge is 0.167 e. The first kappa shape index (κ1) is 10.2. The van der Waals surface area contributed by atoms with Crippen LogP contribution in [-0.4, -0.2) is 21.7 Å². The molecule has 1 aromatic carbocycles. The molecule has 84 valence electrons. The summed E-state index contributed by atoms with van der Waals surface area (Å²) in [6.07, 6.45) is 1.78. The van der Waals surface area contributed by atoms with Crippen molar-refractivity contribution in [2.75, 3.05) is 0 Å². The van der Waals surface area contributed by atoms with E-state index in [-0.39, 0.29) is 0 Å². The van der Waals surface area contributed by atoms with E-state index in [9.17, 15) is 0 Å². The number of H-pyrrole nitrogens is 1. The van der Waals surface area contributed by atoms with Crippen LogP contribution in [-0.2, 0) is 6.54 Å². The first-order valence-electron chi connectivity index (χ1n) is 5.18. The van der Waals surface area contributed by atoms with E-state index < -0.39 is 0 Å². The Balaban J connectivity index is 2.09. The Hall–Kier alpha value is -2.01. The molecule has 17 heavy (non-hydrogen) atoms. The molecule has 4 nitrogen and oxygen atoms in total. The van der Waals surface area contributed by atoms with Gasteiger partial charge in [0.15, 0.2) is 10.8 Å². The maximum Gasteiger partial charge on any atom is 0.167 e. The number of hydrogen-bond donors (Lipinski definition) is 1. The Bertz CT molecular complexity index is 654. The highest BCUT2D eigenvalue weighted by Gasteiger charge is 2.07. The predicted octanol–water partition coefficient (Wildman–Crippen LogP) is 2.89. The molecule has 0 radical (unpaired) electrons. The van der Waals surface area contributed by atoms with Crippen molar-refractivity contribution < 1.29 is 0 Å². The summed E-state index contributed by atoms with van der Waals surface area (Å²) in [4.78, 5) is 15.9. The van der Waals surface area contributed by atoms with Gasteiger partial charge in [0.2, 0.25) is 0 Å². The summed E-state index contributed by atoms with van der Waals surface area (Å²) in [6.45, 7) is 4.12. The van der Waals surface area contributed by atoms with Gasteiger partial charge in [-0.05, 0) is 24.4 Å². The van der Waals surface area contributed by atoms with Gasteiger partial charge in [-0.1, -0.05) is 6.07 Å². The molecule has 0 amide bonds. The van der Waals surface area contributed by atoms with E-state index >= 15 is 0 Å². The van der Waals surface area contributed by atoms with E-state index in [2.05, 4.69) is 26.7 Å². The van der Waals surface area contributed by atoms with Gasteiger partial charge in [-0.15, -0.1) is 11.3 Å². The lowest BCUT2D eigenvalue weighted by Gasteiger charge is -1.94. The predicted molar refractivity (Wildman–Crippen MR) is 70.5 cm³/mol. The molecule has 0 aliphatic carbocycles. The molecule has 2 aromatic heterocycles. The molecule has 0 atom stereocenters. The fourth-order valence-corrected chi connectivity index (χ4v) is 2.31. The SMILES string of the molecule is C=NCc1ccc2nc(-c3nccs3)[nH]c2c1. The number of rotatable bonds is 3. The van der Waals surface area contributed by atoms with Crippen molar-refractivity contribution in [3.8, 4) is 10.8 Å². The molecule has 0 bridgehead atoms. The molecule has 1 N–H and O–H groups in total. The number of hydrogen-bond acceptors (Lipinski definition) is 4. The van der Waals surface area contributed by atoms with Crippen molar-refractivity contribution in [2.45, 2.75) is 6.54 Å². The normalized spacial score (nSPS) is 10.8. The quantitative estimate of drug-likeness (QED) is 0.718. The highest BCUT2D eigenvalue weighted by Crippen LogP contribution is 2.22. The van der Waals surface area contributed by atoms with E-state index in [4.69, 9.17) is 0 Å². The van der Waals surface area contributed by atoms with Gasteiger partial charge < -0.3 is 4.98 Å². The number of fused-ring (bicyclic) bond motifs is 1. The van der Waals surface area contributed by atoms with Crippen molar-refractivity contribution in [2.24, 2.45) is 4.99 Å². The standard InChI is InChI=1S/C12H10N4S/c1-13-7-8-2-3-9-10(6-8)16-11(15-9)12-14-4-5-17-12/h2-6H,1,7H2,(H,15,16). The van der Waals surface area contributed by atoms with Crippen LogP contribution < -0.4 is 0 Å². The second-order valence-corrected chi connectivity index (χ2v) is 4.55. The molecule has 0 aliphatic heterocycles. The second-order valence-electron chi connectivity index (χ2n) is 3.66. The van der Waals surface area contributed by atoms with Crippen molar-refractivity contribution in [1.29, 1.82) is 0 Å². The van der Waals surface area contributed by atoms with Crippen LogP contribution in [0.25, 0.3) is 21.9 Å². The van der Waals surface area contributed by atoms with Gasteiger partial charge >= 0.3 is 0 Å². The Labute approximate surface area is 102 Å². The number of benzene rings is 1. The molecule has 0 unspecified atom stereocenters. The van der Waals surface area contributed by atoms with E-state index in [1.165, 1.54) is 0 Å². The van der Waals surface area contributed by atoms with Crippen LogP contribution in [0.1, 0.15) is 5.56 Å². The monoisotopic (exact) mass is 242 g/mol. The number of imidazole rings is 1. The number of nitrogens with zero attached hydrogens (tertiary/aromatic N) is 3. The highest BCUT2D eigenvalue weighted by molar-refractivity contribution is 7.13. The maximum atomic E-state index is 4.50. The number of aliphatic imine (C=N–C) groups is 1. The first-order chi connectivity index (χ1) is 8.36. The Morgan fingerprint density at radius 3 is 3.12 bits per heavy atom. The van der Waals surface area contributed by atoms with Gasteiger partial charge in [0.25, 0.3) is 0 Å². The molecule has 0 saturated heterocycles. The minimum Gasteiger partial charge on any atom is -0.336 e. The molecule has 0 fully saturated rings. The molecule has 5 heteroatoms. The van der Waals surface area contributed by atoms with Crippen LogP contribution in [0.3, 0.4) is 0 Å². The Kier molecular flexibility index (Phi) is 2.45. The van der Waals surface area contributed by atoms with Gasteiger partial charge in [-0.3, -0.25) is 4.99 Å². The van der Waals surface area contributed by atoms with Gasteiger partial charge in [0.05, 0.1) is 17.6 Å². The zero-order valence-electron chi connectivity index (χ0n) is 9.05. The fourth-order valence-electron chi connectivity index (χ4n) is 1.73. The van der Waals surface area contributed by atoms with Crippen molar-refractivity contribution in [1.82, 2.24) is 15.0 Å². The lowest BCUT2D eigenvalue weighted by atomic mass is 10.2. The third kappa shape index (κ3) is 1.85. The van der Waals surface area contributed by atoms with Crippen molar-refractivity contribution in [3.63, 3.8) is 0 Å². The van der Waals surface area contributed by atoms with Gasteiger partial charge in [0.1, 0.15) is 0 Å². The van der Waals surface area contributed by atoms with Crippen LogP contribution in [0.15, 0.2) is 34.8 Å². The molecule has 2 heterocycles. The minimum absolute atomic E-state index is 0.627. The second kappa shape index (κ2) is 4.10. The molecule has 3 rings (SSSR count). The van der Waals surface area contributed by atoms with E-state index in [0.29, 0.717) is 6.54 Å². The molecular weight excluding hydrogens is 232 g/mol. The lowest BCUT2D eigenvalue weighted by Crippen LogP contribution is -1.80. The fraction of sp³-hybridized carbons (Fsp3) is 0.0833. The minimum atomic E-state index is 0.627. The number of aromatic amines is 1. The average molecular weight is 242 g/mol. The number of aromatic nitrogens is 3. The van der Waals surface area contributed by atoms with Gasteiger partial charge in [0, 0.05) is 11.6 Å². The highest BCUT2D eigenvalue weighted by atomic mass is 32.1. The zero-order chi connectivity index (χ0) is 11.7. The van der Waals surface area contributed by atoms with Crippen LogP contribution in [0.4, 0.5) is 0 Å². The van der Waals surface area contributed by atoms with Crippen molar-refractivity contribution in [3.05, 3.63) is 35.3 Å². The van der Waals surface area contributed by atoms with Gasteiger partial charge in [-0.2, -0.15) is 0 Å². The van der Waals surface area contributed by atoms with Crippen LogP contribution >= 0.6 is 11.3 Å². The van der Waals surface area contributed by atoms with E-state index in [1.54, 1.807) is 17.5 Å². The number of thiazole rings is 1. The first-order valence-corrected chi connectivity index (χ1v) is 6.06. The molecular formula is C12H10N4S. The molecule has 0 aliphatic rings. The van der Waals surface area contributed by atoms with Crippen molar-refractivity contribution >= 4 is 29.1 Å². The van der Waals surface area contributed by atoms with E-state index in [0.717, 1.165) is 27.4 Å². The summed E-state index contributed by atoms with van der Waals surface area (Å²) >= 11 is 1.57. The summed E-state index contributed by atoms with van der Waals surface area (Å²) in [5.41, 5.74) is 3.08. The van der Waals surface area contributed by atoms with E-state index in [1.807, 2.05) is 23.6 Å². The Morgan fingerprint density at radius 2 is 2.35 bits per heavy atom. The van der Waals surface area contributed by atoms with Crippen LogP contribution in [0.2, 0.25) is 0 Å². The van der Waals surface area contributed by atoms with Crippen LogP contribution in [0, 0.1) is 0 Å². The topological polar surface area (TPSA) is 53.9 Å². The Morgan fingerprint density at radius 1 is 1.41 bits per heavy atom. The summed E-state index contributed by atoms with van der Waals surface area (Å²) in [7, 11) is 0. The zero-order valence-corrected chi connectivity index (χ0v) is 9.87. The third-order valence-electron chi connectivity index (χ3n) is 2.48. The summed E-state index contributed by atoms with van der Waals surface area (Å²) in [5, 5.41) is 2.85. The summed E-state index contributed by atoms with van der Waals surface area (Å²) in [6, 6.07) is 6.06. The van der Waals surface area contributed by atoms with Gasteiger partial charge in [-0.25, -0.2) is 9.97 Å². The molecule has 3 aromatic rings. The largest absolute Gasteiger partial charge is 0.336 e. The molecule has 0 saturated carbocycles.